The molecule has 2 N–H and O–H groups in total. The van der Waals surface area contributed by atoms with Crippen molar-refractivity contribution in [2.75, 3.05) is 6.54 Å². The van der Waals surface area contributed by atoms with Crippen molar-refractivity contribution in [3.8, 4) is 0 Å². The van der Waals surface area contributed by atoms with E-state index < -0.39 is 5.60 Å². The molecular formula is C13H20ClNO. The summed E-state index contributed by atoms with van der Waals surface area (Å²) in [5, 5.41) is 14.3. The standard InChI is InChI=1S/C13H20ClNO/c1-12(2,3)15-9-13(4,16)10-7-5-6-8-11(10)14/h5-8,15-16H,9H2,1-4H3. The third kappa shape index (κ3) is 3.78. The van der Waals surface area contributed by atoms with Gasteiger partial charge in [-0.3, -0.25) is 0 Å². The maximum atomic E-state index is 10.4. The number of hydrogen-bond acceptors (Lipinski definition) is 2. The van der Waals surface area contributed by atoms with E-state index in [9.17, 15) is 5.11 Å². The van der Waals surface area contributed by atoms with E-state index in [0.29, 0.717) is 11.6 Å². The molecule has 1 aromatic rings. The number of halogens is 1. The second-order valence-electron chi connectivity index (χ2n) is 5.36. The van der Waals surface area contributed by atoms with E-state index in [1.807, 2.05) is 18.2 Å². The molecule has 0 bridgehead atoms. The van der Waals surface area contributed by atoms with Crippen molar-refractivity contribution in [2.45, 2.75) is 38.8 Å². The Hall–Kier alpha value is -0.570. The molecule has 1 aromatic carbocycles. The third-order valence-corrected chi connectivity index (χ3v) is 2.75. The van der Waals surface area contributed by atoms with Gasteiger partial charge in [-0.2, -0.15) is 0 Å². The van der Waals surface area contributed by atoms with Crippen molar-refractivity contribution in [3.63, 3.8) is 0 Å². The molecule has 0 heterocycles. The minimum atomic E-state index is -0.953. The van der Waals surface area contributed by atoms with Crippen molar-refractivity contribution in [1.29, 1.82) is 0 Å². The molecule has 0 radical (unpaired) electrons. The van der Waals surface area contributed by atoms with Crippen molar-refractivity contribution >= 4 is 11.6 Å². The number of hydrogen-bond donors (Lipinski definition) is 2. The predicted octanol–water partition coefficient (Wildman–Crippen LogP) is 2.94. The molecule has 1 unspecified atom stereocenters. The van der Waals surface area contributed by atoms with Gasteiger partial charge in [0.2, 0.25) is 0 Å². The number of β-amino-alcohol motifs (C(OH)–C–C–N with tert-alkyl or cyclic N) is 1. The molecule has 0 aromatic heterocycles. The lowest BCUT2D eigenvalue weighted by Gasteiger charge is -2.30. The molecule has 2 nitrogen and oxygen atoms in total. The zero-order valence-corrected chi connectivity index (χ0v) is 11.1. The Balaban J connectivity index is 2.82. The van der Waals surface area contributed by atoms with E-state index in [0.717, 1.165) is 5.56 Å². The van der Waals surface area contributed by atoms with E-state index in [1.54, 1.807) is 13.0 Å². The van der Waals surface area contributed by atoms with Crippen LogP contribution in [0.25, 0.3) is 0 Å². The molecule has 1 atom stereocenters. The zero-order valence-electron chi connectivity index (χ0n) is 10.3. The van der Waals surface area contributed by atoms with Crippen LogP contribution in [0.5, 0.6) is 0 Å². The highest BCUT2D eigenvalue weighted by Gasteiger charge is 2.26. The van der Waals surface area contributed by atoms with Gasteiger partial charge in [0.05, 0.1) is 0 Å². The smallest absolute Gasteiger partial charge is 0.101 e. The monoisotopic (exact) mass is 241 g/mol. The molecule has 0 fully saturated rings. The summed E-state index contributed by atoms with van der Waals surface area (Å²) in [5.41, 5.74) is -0.218. The quantitative estimate of drug-likeness (QED) is 0.853. The Morgan fingerprint density at radius 2 is 1.75 bits per heavy atom. The van der Waals surface area contributed by atoms with E-state index in [4.69, 9.17) is 11.6 Å². The maximum Gasteiger partial charge on any atom is 0.101 e. The highest BCUT2D eigenvalue weighted by atomic mass is 35.5. The van der Waals surface area contributed by atoms with Gasteiger partial charge in [-0.25, -0.2) is 0 Å². The van der Waals surface area contributed by atoms with Crippen LogP contribution in [-0.2, 0) is 5.60 Å². The van der Waals surface area contributed by atoms with E-state index in [1.165, 1.54) is 0 Å². The molecule has 0 spiro atoms. The molecule has 0 saturated heterocycles. The van der Waals surface area contributed by atoms with Crippen LogP contribution in [0.2, 0.25) is 5.02 Å². The summed E-state index contributed by atoms with van der Waals surface area (Å²) in [4.78, 5) is 0. The highest BCUT2D eigenvalue weighted by molar-refractivity contribution is 6.31. The van der Waals surface area contributed by atoms with Crippen LogP contribution in [0.3, 0.4) is 0 Å². The van der Waals surface area contributed by atoms with Crippen molar-refractivity contribution in [1.82, 2.24) is 5.32 Å². The van der Waals surface area contributed by atoms with Crippen LogP contribution in [0.1, 0.15) is 33.3 Å². The Morgan fingerprint density at radius 1 is 1.19 bits per heavy atom. The van der Waals surface area contributed by atoms with Gasteiger partial charge in [0.1, 0.15) is 5.60 Å². The minimum absolute atomic E-state index is 0.0226. The molecule has 0 amide bonds. The van der Waals surface area contributed by atoms with Gasteiger partial charge in [-0.1, -0.05) is 29.8 Å². The summed E-state index contributed by atoms with van der Waals surface area (Å²) in [6, 6.07) is 7.39. The van der Waals surface area contributed by atoms with Crippen molar-refractivity contribution in [3.05, 3.63) is 34.9 Å². The van der Waals surface area contributed by atoms with Crippen LogP contribution < -0.4 is 5.32 Å². The summed E-state index contributed by atoms with van der Waals surface area (Å²) < 4.78 is 0. The molecule has 16 heavy (non-hydrogen) atoms. The molecule has 3 heteroatoms. The SMILES string of the molecule is CC(C)(C)NCC(C)(O)c1ccccc1Cl. The van der Waals surface area contributed by atoms with Crippen LogP contribution in [0.15, 0.2) is 24.3 Å². The normalized spacial score (nSPS) is 15.9. The number of benzene rings is 1. The van der Waals surface area contributed by atoms with Gasteiger partial charge >= 0.3 is 0 Å². The van der Waals surface area contributed by atoms with Gasteiger partial charge in [0.15, 0.2) is 0 Å². The number of rotatable bonds is 3. The Kier molecular flexibility index (Phi) is 4.00. The first kappa shape index (κ1) is 13.5. The highest BCUT2D eigenvalue weighted by Crippen LogP contribution is 2.27. The topological polar surface area (TPSA) is 32.3 Å². The van der Waals surface area contributed by atoms with Gasteiger partial charge < -0.3 is 10.4 Å². The molecule has 90 valence electrons. The second-order valence-corrected chi connectivity index (χ2v) is 5.76. The Morgan fingerprint density at radius 3 is 2.25 bits per heavy atom. The third-order valence-electron chi connectivity index (χ3n) is 2.42. The van der Waals surface area contributed by atoms with Gasteiger partial charge in [0.25, 0.3) is 0 Å². The van der Waals surface area contributed by atoms with E-state index in [2.05, 4.69) is 26.1 Å². The predicted molar refractivity (Wildman–Crippen MR) is 68.8 cm³/mol. The molecular weight excluding hydrogens is 222 g/mol. The first-order chi connectivity index (χ1) is 7.22. The van der Waals surface area contributed by atoms with E-state index in [-0.39, 0.29) is 5.54 Å². The molecule has 0 saturated carbocycles. The summed E-state index contributed by atoms with van der Waals surface area (Å²) in [6.45, 7) is 8.44. The van der Waals surface area contributed by atoms with Gasteiger partial charge in [-0.05, 0) is 33.8 Å². The summed E-state index contributed by atoms with van der Waals surface area (Å²) in [6.07, 6.45) is 0. The first-order valence-corrected chi connectivity index (χ1v) is 5.83. The summed E-state index contributed by atoms with van der Waals surface area (Å²) in [5.74, 6) is 0. The second kappa shape index (κ2) is 4.74. The van der Waals surface area contributed by atoms with Crippen molar-refractivity contribution in [2.24, 2.45) is 0 Å². The van der Waals surface area contributed by atoms with Gasteiger partial charge in [-0.15, -0.1) is 0 Å². The minimum Gasteiger partial charge on any atom is -0.384 e. The summed E-state index contributed by atoms with van der Waals surface area (Å²) >= 11 is 6.07. The van der Waals surface area contributed by atoms with Crippen LogP contribution in [0.4, 0.5) is 0 Å². The van der Waals surface area contributed by atoms with Crippen LogP contribution in [-0.4, -0.2) is 17.2 Å². The first-order valence-electron chi connectivity index (χ1n) is 5.45. The molecule has 0 aliphatic carbocycles. The number of nitrogens with one attached hydrogen (secondary N) is 1. The average molecular weight is 242 g/mol. The Labute approximate surface area is 103 Å². The van der Waals surface area contributed by atoms with Crippen LogP contribution >= 0.6 is 11.6 Å². The lowest BCUT2D eigenvalue weighted by Crippen LogP contribution is -2.44. The lowest BCUT2D eigenvalue weighted by atomic mass is 9.94. The fraction of sp³-hybridized carbons (Fsp3) is 0.538. The lowest BCUT2D eigenvalue weighted by molar-refractivity contribution is 0.0503. The van der Waals surface area contributed by atoms with Crippen molar-refractivity contribution < 1.29 is 5.11 Å². The largest absolute Gasteiger partial charge is 0.384 e. The molecule has 0 aliphatic rings. The molecule has 0 aliphatic heterocycles. The fourth-order valence-corrected chi connectivity index (χ4v) is 1.77. The maximum absolute atomic E-state index is 10.4. The molecule has 1 rings (SSSR count). The Bertz CT molecular complexity index is 355. The van der Waals surface area contributed by atoms with E-state index >= 15 is 0 Å². The van der Waals surface area contributed by atoms with Crippen LogP contribution in [0, 0.1) is 0 Å². The van der Waals surface area contributed by atoms with Gasteiger partial charge in [0, 0.05) is 22.7 Å². The zero-order chi connectivity index (χ0) is 12.4. The fourth-order valence-electron chi connectivity index (χ4n) is 1.43. The number of aliphatic hydroxyl groups is 1. The average Bonchev–Trinajstić information content (AvgIpc) is 2.14. The summed E-state index contributed by atoms with van der Waals surface area (Å²) in [7, 11) is 0.